The minimum absolute atomic E-state index is 0.111. The average Bonchev–Trinajstić information content (AvgIpc) is 2.74. The summed E-state index contributed by atoms with van der Waals surface area (Å²) in [5.74, 6) is 1.77. The average molecular weight is 421 g/mol. The Kier molecular flexibility index (Phi) is 5.65. The summed E-state index contributed by atoms with van der Waals surface area (Å²) in [5, 5.41) is 7.32. The van der Waals surface area contributed by atoms with Gasteiger partial charge < -0.3 is 20.3 Å². The lowest BCUT2D eigenvalue weighted by atomic mass is 9.84. The molecule has 1 amide bonds. The monoisotopic (exact) mass is 420 g/mol. The number of para-hydroxylation sites is 3. The highest BCUT2D eigenvalue weighted by Crippen LogP contribution is 2.37. The van der Waals surface area contributed by atoms with E-state index in [1.165, 1.54) is 0 Å². The molecule has 0 radical (unpaired) electrons. The molecule has 1 spiro atoms. The van der Waals surface area contributed by atoms with E-state index >= 15 is 0 Å². The second-order valence-corrected chi connectivity index (χ2v) is 9.42. The molecular weight excluding hydrogens is 388 g/mol. The van der Waals surface area contributed by atoms with Gasteiger partial charge in [-0.3, -0.25) is 9.79 Å². The van der Waals surface area contributed by atoms with Gasteiger partial charge in [0.2, 0.25) is 5.91 Å². The normalized spacial score (nSPS) is 21.9. The maximum absolute atomic E-state index is 13.3. The van der Waals surface area contributed by atoms with Crippen molar-refractivity contribution < 1.29 is 9.53 Å². The Morgan fingerprint density at radius 2 is 1.84 bits per heavy atom. The van der Waals surface area contributed by atoms with Crippen molar-refractivity contribution in [2.45, 2.75) is 51.1 Å². The summed E-state index contributed by atoms with van der Waals surface area (Å²) < 4.78 is 5.44. The number of ether oxygens (including phenoxy) is 1. The third-order valence-electron chi connectivity index (χ3n) is 5.83. The van der Waals surface area contributed by atoms with Crippen LogP contribution in [-0.4, -0.2) is 47.9 Å². The van der Waals surface area contributed by atoms with Gasteiger partial charge >= 0.3 is 0 Å². The Labute approximate surface area is 184 Å². The van der Waals surface area contributed by atoms with Gasteiger partial charge in [-0.05, 0) is 51.8 Å². The molecule has 31 heavy (non-hydrogen) atoms. The fourth-order valence-corrected chi connectivity index (χ4v) is 4.42. The molecule has 6 heteroatoms. The van der Waals surface area contributed by atoms with Crippen molar-refractivity contribution >= 4 is 23.1 Å². The van der Waals surface area contributed by atoms with Gasteiger partial charge in [0.1, 0.15) is 17.1 Å². The highest BCUT2D eigenvalue weighted by atomic mass is 16.5. The zero-order chi connectivity index (χ0) is 22.1. The number of hydrogen-bond acceptors (Lipinski definition) is 4. The number of methoxy groups -OCH3 is 1. The highest BCUT2D eigenvalue weighted by Gasteiger charge is 2.45. The molecule has 2 N–H and O–H groups in total. The van der Waals surface area contributed by atoms with Crippen LogP contribution in [0.15, 0.2) is 53.5 Å². The molecule has 2 aliphatic rings. The van der Waals surface area contributed by atoms with Crippen LogP contribution in [0.1, 0.15) is 39.2 Å². The number of benzene rings is 2. The van der Waals surface area contributed by atoms with E-state index in [0.717, 1.165) is 47.9 Å². The van der Waals surface area contributed by atoms with Crippen molar-refractivity contribution in [1.82, 2.24) is 4.90 Å². The van der Waals surface area contributed by atoms with Crippen molar-refractivity contribution in [1.29, 1.82) is 0 Å². The number of nitrogens with zero attached hydrogens (tertiary/aromatic N) is 2. The first-order chi connectivity index (χ1) is 14.8. The molecule has 1 unspecified atom stereocenters. The van der Waals surface area contributed by atoms with Crippen LogP contribution >= 0.6 is 0 Å². The van der Waals surface area contributed by atoms with Gasteiger partial charge in [0.25, 0.3) is 0 Å². The first-order valence-corrected chi connectivity index (χ1v) is 10.9. The number of amidine groups is 1. The van der Waals surface area contributed by atoms with Crippen molar-refractivity contribution in [3.8, 4) is 5.75 Å². The standard InChI is InChI=1S/C25H32N4O2/c1-24(2,3)28-23-25(27-20-12-7-6-11-19(20)26-23)14-9-15-29(17-25)22(30)16-18-10-5-8-13-21(18)31-4/h5-8,10-13,27H,9,14-17H2,1-4H3,(H,26,28). The number of carbonyl (C=O) groups excluding carboxylic acids is 1. The fraction of sp³-hybridized carbons (Fsp3) is 0.440. The number of piperidine rings is 1. The SMILES string of the molecule is COc1ccccc1CC(=O)N1CCCC2(C1)Nc1ccccc1NC2=NC(C)(C)C. The highest BCUT2D eigenvalue weighted by molar-refractivity contribution is 6.10. The number of nitrogens with one attached hydrogen (secondary N) is 2. The third-order valence-corrected chi connectivity index (χ3v) is 5.83. The zero-order valence-electron chi connectivity index (χ0n) is 18.9. The minimum atomic E-state index is -0.420. The molecule has 0 aromatic heterocycles. The molecule has 164 valence electrons. The molecule has 1 atom stereocenters. The molecule has 2 aromatic carbocycles. The number of carbonyl (C=O) groups is 1. The zero-order valence-corrected chi connectivity index (χ0v) is 18.9. The van der Waals surface area contributed by atoms with Crippen LogP contribution in [0.3, 0.4) is 0 Å². The lowest BCUT2D eigenvalue weighted by Gasteiger charge is -2.48. The van der Waals surface area contributed by atoms with E-state index in [0.29, 0.717) is 13.0 Å². The molecule has 2 heterocycles. The summed E-state index contributed by atoms with van der Waals surface area (Å²) in [5.41, 5.74) is 2.34. The molecule has 0 aliphatic carbocycles. The van der Waals surface area contributed by atoms with Crippen LogP contribution in [0.25, 0.3) is 0 Å². The number of aliphatic imine (C=N–C) groups is 1. The van der Waals surface area contributed by atoms with E-state index in [4.69, 9.17) is 9.73 Å². The molecule has 1 fully saturated rings. The van der Waals surface area contributed by atoms with Gasteiger partial charge in [-0.2, -0.15) is 0 Å². The lowest BCUT2D eigenvalue weighted by Crippen LogP contribution is -2.63. The summed E-state index contributed by atoms with van der Waals surface area (Å²) in [4.78, 5) is 20.3. The number of rotatable bonds is 3. The van der Waals surface area contributed by atoms with Crippen molar-refractivity contribution in [3.63, 3.8) is 0 Å². The molecule has 0 bridgehead atoms. The first kappa shape index (κ1) is 21.2. The number of fused-ring (bicyclic) bond motifs is 1. The predicted molar refractivity (Wildman–Crippen MR) is 126 cm³/mol. The van der Waals surface area contributed by atoms with Crippen LogP contribution in [0.5, 0.6) is 5.75 Å². The van der Waals surface area contributed by atoms with Crippen LogP contribution in [0.2, 0.25) is 0 Å². The molecule has 6 nitrogen and oxygen atoms in total. The van der Waals surface area contributed by atoms with Gasteiger partial charge in [-0.1, -0.05) is 30.3 Å². The van der Waals surface area contributed by atoms with E-state index in [1.807, 2.05) is 41.3 Å². The number of anilines is 2. The lowest BCUT2D eigenvalue weighted by molar-refractivity contribution is -0.131. The maximum Gasteiger partial charge on any atom is 0.227 e. The molecule has 0 saturated carbocycles. The van der Waals surface area contributed by atoms with Crippen molar-refractivity contribution in [2.75, 3.05) is 30.8 Å². The molecule has 2 aromatic rings. The topological polar surface area (TPSA) is 66.0 Å². The molecular formula is C25H32N4O2. The predicted octanol–water partition coefficient (Wildman–Crippen LogP) is 4.33. The summed E-state index contributed by atoms with van der Waals surface area (Å²) in [7, 11) is 1.64. The van der Waals surface area contributed by atoms with Gasteiger partial charge in [0, 0.05) is 12.1 Å². The second kappa shape index (κ2) is 8.25. The van der Waals surface area contributed by atoms with E-state index in [1.54, 1.807) is 7.11 Å². The van der Waals surface area contributed by atoms with Gasteiger partial charge in [0.05, 0.1) is 37.0 Å². The molecule has 1 saturated heterocycles. The third kappa shape index (κ3) is 4.53. The van der Waals surface area contributed by atoms with Gasteiger partial charge in [-0.25, -0.2) is 0 Å². The van der Waals surface area contributed by atoms with Crippen LogP contribution in [0, 0.1) is 0 Å². The van der Waals surface area contributed by atoms with E-state index < -0.39 is 5.54 Å². The number of amides is 1. The first-order valence-electron chi connectivity index (χ1n) is 10.9. The smallest absolute Gasteiger partial charge is 0.227 e. The number of likely N-dealkylation sites (tertiary alicyclic amines) is 1. The minimum Gasteiger partial charge on any atom is -0.496 e. The van der Waals surface area contributed by atoms with Crippen molar-refractivity contribution in [2.24, 2.45) is 4.99 Å². The Hall–Kier alpha value is -3.02. The van der Waals surface area contributed by atoms with E-state index in [9.17, 15) is 4.79 Å². The fourth-order valence-electron chi connectivity index (χ4n) is 4.42. The van der Waals surface area contributed by atoms with Gasteiger partial charge in [-0.15, -0.1) is 0 Å². The molecule has 4 rings (SSSR count). The summed E-state index contributed by atoms with van der Waals surface area (Å²) in [6.07, 6.45) is 2.16. The largest absolute Gasteiger partial charge is 0.496 e. The summed E-state index contributed by atoms with van der Waals surface area (Å²) in [6.45, 7) is 7.63. The second-order valence-electron chi connectivity index (χ2n) is 9.42. The van der Waals surface area contributed by atoms with Crippen LogP contribution in [0.4, 0.5) is 11.4 Å². The maximum atomic E-state index is 13.3. The Bertz CT molecular complexity index is 995. The van der Waals surface area contributed by atoms with E-state index in [2.05, 4.69) is 43.5 Å². The Balaban J connectivity index is 1.62. The summed E-state index contributed by atoms with van der Waals surface area (Å²) in [6, 6.07) is 15.9. The quantitative estimate of drug-likeness (QED) is 0.776. The molecule has 2 aliphatic heterocycles. The number of hydrogen-bond donors (Lipinski definition) is 2. The van der Waals surface area contributed by atoms with Crippen LogP contribution in [-0.2, 0) is 11.2 Å². The van der Waals surface area contributed by atoms with Gasteiger partial charge in [0.15, 0.2) is 0 Å². The summed E-state index contributed by atoms with van der Waals surface area (Å²) >= 11 is 0. The van der Waals surface area contributed by atoms with E-state index in [-0.39, 0.29) is 11.4 Å². The van der Waals surface area contributed by atoms with Crippen LogP contribution < -0.4 is 15.4 Å². The van der Waals surface area contributed by atoms with Crippen molar-refractivity contribution in [3.05, 3.63) is 54.1 Å². The Morgan fingerprint density at radius 3 is 2.58 bits per heavy atom. The Morgan fingerprint density at radius 1 is 1.13 bits per heavy atom.